The monoisotopic (exact) mass is 356 g/mol. The second-order valence-electron chi connectivity index (χ2n) is 4.12. The van der Waals surface area contributed by atoms with Gasteiger partial charge in [-0.05, 0) is 30.3 Å². The van der Waals surface area contributed by atoms with Crippen molar-refractivity contribution >= 4 is 27.5 Å². The molecule has 0 radical (unpaired) electrons. The van der Waals surface area contributed by atoms with Crippen molar-refractivity contribution < 1.29 is 14.6 Å². The van der Waals surface area contributed by atoms with Gasteiger partial charge in [-0.15, -0.1) is 0 Å². The van der Waals surface area contributed by atoms with E-state index in [0.717, 1.165) is 15.8 Å². The second kappa shape index (κ2) is 6.97. The van der Waals surface area contributed by atoms with Crippen LogP contribution in [0, 0.1) is 0 Å². The van der Waals surface area contributed by atoms with Crippen LogP contribution in [0.1, 0.15) is 11.1 Å². The van der Waals surface area contributed by atoms with Crippen LogP contribution in [-0.2, 0) is 13.2 Å². The fourth-order valence-corrected chi connectivity index (χ4v) is 2.36. The Morgan fingerprint density at radius 1 is 1.25 bits per heavy atom. The van der Waals surface area contributed by atoms with Gasteiger partial charge in [0.05, 0.1) is 13.7 Å². The largest absolute Gasteiger partial charge is 0.497 e. The molecule has 106 valence electrons. The summed E-state index contributed by atoms with van der Waals surface area (Å²) in [4.78, 5) is 0. The second-order valence-corrected chi connectivity index (χ2v) is 5.38. The zero-order chi connectivity index (χ0) is 14.5. The van der Waals surface area contributed by atoms with Gasteiger partial charge in [-0.3, -0.25) is 0 Å². The number of hydrogen-bond donors (Lipinski definition) is 1. The first kappa shape index (κ1) is 15.2. The molecule has 0 unspecified atom stereocenters. The van der Waals surface area contributed by atoms with E-state index in [0.29, 0.717) is 22.9 Å². The topological polar surface area (TPSA) is 38.7 Å². The van der Waals surface area contributed by atoms with Gasteiger partial charge in [0.2, 0.25) is 0 Å². The van der Waals surface area contributed by atoms with Crippen LogP contribution >= 0.6 is 27.5 Å². The number of hydrogen-bond acceptors (Lipinski definition) is 3. The van der Waals surface area contributed by atoms with E-state index in [1.54, 1.807) is 25.3 Å². The van der Waals surface area contributed by atoms with Crippen molar-refractivity contribution in [3.63, 3.8) is 0 Å². The molecular formula is C15H14BrClO3. The van der Waals surface area contributed by atoms with Crippen LogP contribution in [0.5, 0.6) is 11.5 Å². The summed E-state index contributed by atoms with van der Waals surface area (Å²) in [6, 6.07) is 11.0. The number of methoxy groups -OCH3 is 1. The summed E-state index contributed by atoms with van der Waals surface area (Å²) in [5.41, 5.74) is 1.54. The fourth-order valence-electron chi connectivity index (χ4n) is 1.77. The number of aliphatic hydroxyl groups is 1. The molecule has 3 nitrogen and oxygen atoms in total. The average molecular weight is 358 g/mol. The molecule has 5 heteroatoms. The summed E-state index contributed by atoms with van der Waals surface area (Å²) in [5, 5.41) is 9.83. The highest BCUT2D eigenvalue weighted by atomic mass is 79.9. The van der Waals surface area contributed by atoms with Crippen LogP contribution in [0.15, 0.2) is 40.9 Å². The van der Waals surface area contributed by atoms with Crippen LogP contribution in [0.4, 0.5) is 0 Å². The Bertz CT molecular complexity index is 602. The summed E-state index contributed by atoms with van der Waals surface area (Å²) < 4.78 is 11.9. The number of ether oxygens (including phenoxy) is 2. The summed E-state index contributed by atoms with van der Waals surface area (Å²) >= 11 is 9.49. The van der Waals surface area contributed by atoms with E-state index < -0.39 is 0 Å². The highest BCUT2D eigenvalue weighted by molar-refractivity contribution is 9.10. The predicted octanol–water partition coefficient (Wildman–Crippen LogP) is 4.18. The van der Waals surface area contributed by atoms with E-state index in [2.05, 4.69) is 15.9 Å². The summed E-state index contributed by atoms with van der Waals surface area (Å²) in [5.74, 6) is 1.34. The van der Waals surface area contributed by atoms with E-state index in [9.17, 15) is 5.11 Å². The van der Waals surface area contributed by atoms with Crippen LogP contribution in [0.3, 0.4) is 0 Å². The summed E-state index contributed by atoms with van der Waals surface area (Å²) in [6.07, 6.45) is 0. The molecule has 0 bridgehead atoms. The van der Waals surface area contributed by atoms with E-state index >= 15 is 0 Å². The Labute approximate surface area is 131 Å². The first-order valence-electron chi connectivity index (χ1n) is 5.99. The third kappa shape index (κ3) is 3.45. The Kier molecular flexibility index (Phi) is 5.29. The van der Waals surface area contributed by atoms with Crippen molar-refractivity contribution in [3.05, 3.63) is 57.0 Å². The number of aliphatic hydroxyl groups excluding tert-OH is 1. The molecule has 0 atom stereocenters. The maximum Gasteiger partial charge on any atom is 0.126 e. The minimum atomic E-state index is -0.158. The van der Waals surface area contributed by atoms with Gasteiger partial charge in [0.1, 0.15) is 18.1 Å². The van der Waals surface area contributed by atoms with Crippen LogP contribution in [0.2, 0.25) is 5.02 Å². The molecule has 0 saturated heterocycles. The molecule has 0 aliphatic heterocycles. The molecule has 2 aromatic carbocycles. The van der Waals surface area contributed by atoms with Crippen molar-refractivity contribution in [2.24, 2.45) is 0 Å². The maximum absolute atomic E-state index is 9.34. The zero-order valence-corrected chi connectivity index (χ0v) is 13.2. The molecule has 20 heavy (non-hydrogen) atoms. The van der Waals surface area contributed by atoms with Gasteiger partial charge in [0, 0.05) is 20.6 Å². The molecule has 0 saturated carbocycles. The fraction of sp³-hybridized carbons (Fsp3) is 0.200. The zero-order valence-electron chi connectivity index (χ0n) is 10.9. The number of rotatable bonds is 5. The smallest absolute Gasteiger partial charge is 0.126 e. The molecule has 0 amide bonds. The van der Waals surface area contributed by atoms with Gasteiger partial charge in [-0.25, -0.2) is 0 Å². The van der Waals surface area contributed by atoms with Crippen molar-refractivity contribution in [2.75, 3.05) is 7.11 Å². The molecule has 2 rings (SSSR count). The van der Waals surface area contributed by atoms with Gasteiger partial charge in [-0.1, -0.05) is 33.6 Å². The lowest BCUT2D eigenvalue weighted by Gasteiger charge is -2.13. The normalized spacial score (nSPS) is 10.4. The van der Waals surface area contributed by atoms with E-state index in [4.69, 9.17) is 21.1 Å². The van der Waals surface area contributed by atoms with Gasteiger partial charge in [0.25, 0.3) is 0 Å². The molecule has 0 heterocycles. The van der Waals surface area contributed by atoms with Crippen molar-refractivity contribution in [1.29, 1.82) is 0 Å². The van der Waals surface area contributed by atoms with Crippen molar-refractivity contribution in [3.8, 4) is 11.5 Å². The molecule has 0 fully saturated rings. The Morgan fingerprint density at radius 3 is 2.75 bits per heavy atom. The highest BCUT2D eigenvalue weighted by Gasteiger charge is 2.09. The third-order valence-corrected chi connectivity index (χ3v) is 4.00. The molecule has 0 spiro atoms. The summed E-state index contributed by atoms with van der Waals surface area (Å²) in [7, 11) is 1.62. The Balaban J connectivity index is 2.19. The number of benzene rings is 2. The minimum absolute atomic E-state index is 0.158. The predicted molar refractivity (Wildman–Crippen MR) is 82.4 cm³/mol. The quantitative estimate of drug-likeness (QED) is 0.872. The molecular weight excluding hydrogens is 344 g/mol. The molecule has 0 aliphatic carbocycles. The highest BCUT2D eigenvalue weighted by Crippen LogP contribution is 2.29. The van der Waals surface area contributed by atoms with Gasteiger partial charge < -0.3 is 14.6 Å². The third-order valence-electron chi connectivity index (χ3n) is 2.87. The average Bonchev–Trinajstić information content (AvgIpc) is 2.46. The van der Waals surface area contributed by atoms with Crippen LogP contribution in [-0.4, -0.2) is 12.2 Å². The van der Waals surface area contributed by atoms with Crippen LogP contribution < -0.4 is 9.47 Å². The summed E-state index contributed by atoms with van der Waals surface area (Å²) in [6.45, 7) is 0.194. The Morgan fingerprint density at radius 2 is 2.05 bits per heavy atom. The molecule has 0 aliphatic rings. The van der Waals surface area contributed by atoms with Crippen molar-refractivity contribution in [2.45, 2.75) is 13.2 Å². The van der Waals surface area contributed by atoms with Crippen molar-refractivity contribution in [1.82, 2.24) is 0 Å². The lowest BCUT2D eigenvalue weighted by atomic mass is 10.2. The maximum atomic E-state index is 9.34. The van der Waals surface area contributed by atoms with E-state index in [-0.39, 0.29) is 6.61 Å². The standard InChI is InChI=1S/C15H14BrClO3/c1-19-11-5-6-13(16)10(7-11)9-20-15-4-2-3-14(17)12(15)8-18/h2-7,18H,8-9H2,1H3. The Hall–Kier alpha value is -1.23. The van der Waals surface area contributed by atoms with E-state index in [1.807, 2.05) is 18.2 Å². The molecule has 0 aromatic heterocycles. The van der Waals surface area contributed by atoms with Gasteiger partial charge >= 0.3 is 0 Å². The number of halogens is 2. The minimum Gasteiger partial charge on any atom is -0.497 e. The molecule has 1 N–H and O–H groups in total. The van der Waals surface area contributed by atoms with E-state index in [1.165, 1.54) is 0 Å². The van der Waals surface area contributed by atoms with Gasteiger partial charge in [0.15, 0.2) is 0 Å². The van der Waals surface area contributed by atoms with Crippen LogP contribution in [0.25, 0.3) is 0 Å². The van der Waals surface area contributed by atoms with Gasteiger partial charge in [-0.2, -0.15) is 0 Å². The lowest BCUT2D eigenvalue weighted by molar-refractivity contribution is 0.258. The molecule has 2 aromatic rings. The first-order valence-corrected chi connectivity index (χ1v) is 7.16. The lowest BCUT2D eigenvalue weighted by Crippen LogP contribution is -2.00. The SMILES string of the molecule is COc1ccc(Br)c(COc2cccc(Cl)c2CO)c1. The first-order chi connectivity index (χ1) is 9.65.